The molecule has 0 N–H and O–H groups in total. The van der Waals surface area contributed by atoms with E-state index in [0.29, 0.717) is 0 Å². The van der Waals surface area contributed by atoms with Gasteiger partial charge in [-0.25, -0.2) is 0 Å². The number of anilines is 6. The Morgan fingerprint density at radius 3 is 1.56 bits per heavy atom. The van der Waals surface area contributed by atoms with Crippen molar-refractivity contribution in [1.82, 2.24) is 4.57 Å². The Balaban J connectivity index is 1.03. The third kappa shape index (κ3) is 6.08. The number of nitrogens with zero attached hydrogens (tertiary/aromatic N) is 3. The van der Waals surface area contributed by atoms with Gasteiger partial charge in [0.15, 0.2) is 0 Å². The fraction of sp³-hybridized carbons (Fsp3) is 0. The molecule has 278 valence electrons. The summed E-state index contributed by atoms with van der Waals surface area (Å²) < 4.78 is 2.37. The van der Waals surface area contributed by atoms with Crippen molar-refractivity contribution >= 4 is 77.5 Å². The van der Waals surface area contributed by atoms with Crippen molar-refractivity contribution in [2.24, 2.45) is 0 Å². The van der Waals surface area contributed by atoms with Gasteiger partial charge < -0.3 is 14.4 Å². The molecule has 0 bridgehead atoms. The zero-order valence-electron chi connectivity index (χ0n) is 32.4. The van der Waals surface area contributed by atoms with E-state index < -0.39 is 0 Å². The maximum atomic E-state index is 2.41. The fourth-order valence-corrected chi connectivity index (χ4v) is 8.82. The monoisotopic (exact) mass is 753 g/mol. The summed E-state index contributed by atoms with van der Waals surface area (Å²) in [6, 6.07) is 85.3. The third-order valence-corrected chi connectivity index (χ3v) is 11.5. The van der Waals surface area contributed by atoms with E-state index in [0.717, 1.165) is 39.8 Å². The van der Waals surface area contributed by atoms with Gasteiger partial charge in [0.1, 0.15) is 0 Å². The molecule has 0 saturated carbocycles. The number of fused-ring (bicyclic) bond motifs is 5. The summed E-state index contributed by atoms with van der Waals surface area (Å²) in [5, 5.41) is 7.30. The lowest BCUT2D eigenvalue weighted by Gasteiger charge is -2.28. The molecule has 1 heterocycles. The molecule has 0 radical (unpaired) electrons. The first-order chi connectivity index (χ1) is 29.3. The Labute approximate surface area is 343 Å². The molecule has 0 aliphatic heterocycles. The molecule has 11 aromatic rings. The molecule has 3 heteroatoms. The van der Waals surface area contributed by atoms with Crippen LogP contribution in [-0.4, -0.2) is 4.57 Å². The molecule has 0 aliphatic rings. The summed E-state index contributed by atoms with van der Waals surface area (Å²) in [5.41, 5.74) is 12.6. The second kappa shape index (κ2) is 14.6. The van der Waals surface area contributed by atoms with Gasteiger partial charge in [0.25, 0.3) is 0 Å². The Kier molecular flexibility index (Phi) is 8.49. The van der Waals surface area contributed by atoms with Crippen LogP contribution in [0.2, 0.25) is 0 Å². The van der Waals surface area contributed by atoms with Crippen LogP contribution in [0.25, 0.3) is 60.2 Å². The molecule has 0 saturated heterocycles. The first kappa shape index (κ1) is 34.4. The topological polar surface area (TPSA) is 11.4 Å². The molecular weight excluding hydrogens is 715 g/mol. The van der Waals surface area contributed by atoms with Crippen molar-refractivity contribution in [1.29, 1.82) is 0 Å². The van der Waals surface area contributed by atoms with Gasteiger partial charge in [-0.1, -0.05) is 146 Å². The highest BCUT2D eigenvalue weighted by Crippen LogP contribution is 2.45. The zero-order valence-corrected chi connectivity index (χ0v) is 32.4. The molecule has 0 amide bonds. The highest BCUT2D eigenvalue weighted by molar-refractivity contribution is 6.12. The normalized spacial score (nSPS) is 11.4. The van der Waals surface area contributed by atoms with Crippen LogP contribution in [0.15, 0.2) is 237 Å². The number of aromatic nitrogens is 1. The zero-order chi connectivity index (χ0) is 39.1. The van der Waals surface area contributed by atoms with Gasteiger partial charge in [0.05, 0.1) is 16.7 Å². The highest BCUT2D eigenvalue weighted by Gasteiger charge is 2.20. The number of hydrogen-bond donors (Lipinski definition) is 0. The van der Waals surface area contributed by atoms with Crippen LogP contribution in [0.1, 0.15) is 0 Å². The van der Waals surface area contributed by atoms with Crippen molar-refractivity contribution in [2.75, 3.05) is 9.80 Å². The smallest absolute Gasteiger partial charge is 0.0542 e. The van der Waals surface area contributed by atoms with Gasteiger partial charge in [-0.15, -0.1) is 0 Å². The average Bonchev–Trinajstić information content (AvgIpc) is 3.64. The molecule has 59 heavy (non-hydrogen) atoms. The van der Waals surface area contributed by atoms with Crippen molar-refractivity contribution in [3.05, 3.63) is 237 Å². The number of benzene rings is 10. The molecule has 0 unspecified atom stereocenters. The van der Waals surface area contributed by atoms with Crippen molar-refractivity contribution in [3.63, 3.8) is 0 Å². The van der Waals surface area contributed by atoms with E-state index >= 15 is 0 Å². The first-order valence-electron chi connectivity index (χ1n) is 20.2. The van der Waals surface area contributed by atoms with E-state index in [4.69, 9.17) is 0 Å². The number of rotatable bonds is 8. The third-order valence-electron chi connectivity index (χ3n) is 11.5. The van der Waals surface area contributed by atoms with Crippen LogP contribution < -0.4 is 9.80 Å². The van der Waals surface area contributed by atoms with Crippen molar-refractivity contribution in [3.8, 4) is 16.8 Å². The molecule has 0 atom stereocenters. The predicted octanol–water partition coefficient (Wildman–Crippen LogP) is 15.7. The molecular formula is C56H39N3. The van der Waals surface area contributed by atoms with Gasteiger partial charge in [0.2, 0.25) is 0 Å². The SMILES string of the molecule is c1ccc(N(c2ccc(-c3ccc(N(c4ccccc4)c4ccc5c(c4)c4ccccc4n5-c4ccccc4)c4ccccc34)cc2)c2ccc3ccccc3c2)cc1. The number of para-hydroxylation sites is 4. The molecule has 1 aromatic heterocycles. The van der Waals surface area contributed by atoms with Crippen LogP contribution in [0.3, 0.4) is 0 Å². The minimum absolute atomic E-state index is 1.11. The Bertz CT molecular complexity index is 3260. The summed E-state index contributed by atoms with van der Waals surface area (Å²) in [7, 11) is 0. The summed E-state index contributed by atoms with van der Waals surface area (Å²) in [6.07, 6.45) is 0. The first-order valence-corrected chi connectivity index (χ1v) is 20.2. The van der Waals surface area contributed by atoms with E-state index in [-0.39, 0.29) is 0 Å². The molecule has 0 aliphatic carbocycles. The maximum Gasteiger partial charge on any atom is 0.0542 e. The molecule has 0 spiro atoms. The van der Waals surface area contributed by atoms with Crippen LogP contribution in [0.4, 0.5) is 34.1 Å². The lowest BCUT2D eigenvalue weighted by Crippen LogP contribution is -2.10. The van der Waals surface area contributed by atoms with Gasteiger partial charge in [-0.2, -0.15) is 0 Å². The Morgan fingerprint density at radius 2 is 0.814 bits per heavy atom. The number of hydrogen-bond acceptors (Lipinski definition) is 2. The van der Waals surface area contributed by atoms with E-state index in [9.17, 15) is 0 Å². The second-order valence-corrected chi connectivity index (χ2v) is 15.0. The summed E-state index contributed by atoms with van der Waals surface area (Å²) in [5.74, 6) is 0. The fourth-order valence-electron chi connectivity index (χ4n) is 8.82. The maximum absolute atomic E-state index is 2.41. The summed E-state index contributed by atoms with van der Waals surface area (Å²) in [4.78, 5) is 4.74. The molecule has 10 aromatic carbocycles. The van der Waals surface area contributed by atoms with Crippen molar-refractivity contribution < 1.29 is 0 Å². The summed E-state index contributed by atoms with van der Waals surface area (Å²) >= 11 is 0. The van der Waals surface area contributed by atoms with Crippen LogP contribution in [0, 0.1) is 0 Å². The van der Waals surface area contributed by atoms with Crippen molar-refractivity contribution in [2.45, 2.75) is 0 Å². The minimum Gasteiger partial charge on any atom is -0.310 e. The quantitative estimate of drug-likeness (QED) is 0.153. The van der Waals surface area contributed by atoms with Crippen LogP contribution in [0.5, 0.6) is 0 Å². The molecule has 3 nitrogen and oxygen atoms in total. The van der Waals surface area contributed by atoms with Crippen LogP contribution in [-0.2, 0) is 0 Å². The Morgan fingerprint density at radius 1 is 0.288 bits per heavy atom. The minimum atomic E-state index is 1.11. The lowest BCUT2D eigenvalue weighted by atomic mass is 9.96. The summed E-state index contributed by atoms with van der Waals surface area (Å²) in [6.45, 7) is 0. The Hall–Kier alpha value is -7.88. The predicted molar refractivity (Wildman–Crippen MR) is 251 cm³/mol. The molecule has 11 rings (SSSR count). The largest absolute Gasteiger partial charge is 0.310 e. The second-order valence-electron chi connectivity index (χ2n) is 15.0. The van der Waals surface area contributed by atoms with E-state index in [1.165, 1.54) is 54.5 Å². The van der Waals surface area contributed by atoms with Gasteiger partial charge in [-0.3, -0.25) is 0 Å². The lowest BCUT2D eigenvalue weighted by molar-refractivity contribution is 1.18. The van der Waals surface area contributed by atoms with Crippen LogP contribution >= 0.6 is 0 Å². The van der Waals surface area contributed by atoms with E-state index in [1.54, 1.807) is 0 Å². The van der Waals surface area contributed by atoms with E-state index in [2.05, 4.69) is 251 Å². The van der Waals surface area contributed by atoms with Gasteiger partial charge >= 0.3 is 0 Å². The molecule has 0 fully saturated rings. The average molecular weight is 754 g/mol. The van der Waals surface area contributed by atoms with Gasteiger partial charge in [-0.05, 0) is 118 Å². The standard InChI is InChI=1S/C56H39N3/c1-4-18-43(19-5-1)57(47-33-28-40-16-10-11-17-42(40)38-47)46-31-29-41(30-32-46)49-35-37-55(51-25-13-12-24-50(49)51)58(44-20-6-2-7-21-44)48-34-36-56-53(39-48)52-26-14-15-27-54(52)59(56)45-22-8-3-9-23-45/h1-39H. The van der Waals surface area contributed by atoms with E-state index in [1.807, 2.05) is 0 Å². The highest BCUT2D eigenvalue weighted by atomic mass is 15.1. The van der Waals surface area contributed by atoms with Gasteiger partial charge in [0, 0.05) is 50.3 Å².